The van der Waals surface area contributed by atoms with Gasteiger partial charge >= 0.3 is 0 Å². The number of anilines is 1. The van der Waals surface area contributed by atoms with Gasteiger partial charge in [0, 0.05) is 50.0 Å². The Labute approximate surface area is 217 Å². The third-order valence-corrected chi connectivity index (χ3v) is 7.61. The standard InChI is InChI=1S/C28H31N5O2S/c1-36-33-12-9-25(10-13-33)35-27-7-4-22(19-23(27)20-29)26-8-11-30-28(31-26)18-21-2-5-24(6-3-21)32-14-16-34-17-15-32/h2-8,11,19,25H,9-10,12-18H2,1H3. The Morgan fingerprint density at radius 1 is 1.06 bits per heavy atom. The molecule has 0 bridgehead atoms. The van der Waals surface area contributed by atoms with Gasteiger partial charge in [-0.15, -0.1) is 0 Å². The molecule has 2 aromatic carbocycles. The van der Waals surface area contributed by atoms with Crippen molar-refractivity contribution in [1.82, 2.24) is 14.3 Å². The van der Waals surface area contributed by atoms with Gasteiger partial charge in [-0.05, 0) is 61.1 Å². The lowest BCUT2D eigenvalue weighted by Crippen LogP contribution is -2.36. The molecule has 2 fully saturated rings. The number of morpholine rings is 1. The summed E-state index contributed by atoms with van der Waals surface area (Å²) in [4.78, 5) is 11.6. The molecule has 3 heterocycles. The summed E-state index contributed by atoms with van der Waals surface area (Å²) in [6.07, 6.45) is 6.63. The molecule has 1 aromatic heterocycles. The van der Waals surface area contributed by atoms with Crippen LogP contribution in [0.25, 0.3) is 11.3 Å². The number of ether oxygens (including phenoxy) is 2. The van der Waals surface area contributed by atoms with Gasteiger partial charge in [-0.2, -0.15) is 5.26 Å². The summed E-state index contributed by atoms with van der Waals surface area (Å²) in [7, 11) is 0. The molecule has 0 radical (unpaired) electrons. The van der Waals surface area contributed by atoms with Crippen molar-refractivity contribution in [3.05, 3.63) is 71.7 Å². The highest BCUT2D eigenvalue weighted by Crippen LogP contribution is 2.28. The molecular weight excluding hydrogens is 470 g/mol. The van der Waals surface area contributed by atoms with E-state index in [9.17, 15) is 5.26 Å². The van der Waals surface area contributed by atoms with Gasteiger partial charge in [0.2, 0.25) is 0 Å². The summed E-state index contributed by atoms with van der Waals surface area (Å²) < 4.78 is 14.0. The number of piperidine rings is 1. The van der Waals surface area contributed by atoms with Gasteiger partial charge in [-0.25, -0.2) is 9.97 Å². The van der Waals surface area contributed by atoms with Crippen molar-refractivity contribution in [2.75, 3.05) is 50.5 Å². The second kappa shape index (κ2) is 11.7. The fourth-order valence-corrected chi connectivity index (χ4v) is 5.24. The van der Waals surface area contributed by atoms with Crippen LogP contribution in [-0.4, -0.2) is 66.0 Å². The molecule has 5 rings (SSSR count). The first-order valence-corrected chi connectivity index (χ1v) is 13.6. The van der Waals surface area contributed by atoms with Crippen LogP contribution in [0.1, 0.15) is 29.8 Å². The Hall–Kier alpha value is -3.12. The van der Waals surface area contributed by atoms with Gasteiger partial charge in [0.1, 0.15) is 23.7 Å². The van der Waals surface area contributed by atoms with Crippen LogP contribution in [0.4, 0.5) is 5.69 Å². The SMILES string of the molecule is CSN1CCC(Oc2ccc(-c3ccnc(Cc4ccc(N5CCOCC5)cc4)n3)cc2C#N)CC1. The lowest BCUT2D eigenvalue weighted by molar-refractivity contribution is 0.122. The van der Waals surface area contributed by atoms with Crippen LogP contribution in [0.3, 0.4) is 0 Å². The second-order valence-electron chi connectivity index (χ2n) is 9.05. The van der Waals surface area contributed by atoms with E-state index in [0.29, 0.717) is 17.7 Å². The third-order valence-electron chi connectivity index (χ3n) is 6.73. The van der Waals surface area contributed by atoms with Crippen molar-refractivity contribution >= 4 is 17.6 Å². The van der Waals surface area contributed by atoms with Crippen molar-refractivity contribution in [1.29, 1.82) is 5.26 Å². The van der Waals surface area contributed by atoms with Crippen molar-refractivity contribution in [3.8, 4) is 23.1 Å². The molecule has 0 aliphatic carbocycles. The maximum Gasteiger partial charge on any atom is 0.137 e. The largest absolute Gasteiger partial charge is 0.489 e. The van der Waals surface area contributed by atoms with Gasteiger partial charge < -0.3 is 14.4 Å². The molecule has 36 heavy (non-hydrogen) atoms. The smallest absolute Gasteiger partial charge is 0.137 e. The summed E-state index contributed by atoms with van der Waals surface area (Å²) >= 11 is 1.78. The summed E-state index contributed by atoms with van der Waals surface area (Å²) in [5, 5.41) is 9.78. The molecule has 0 saturated carbocycles. The van der Waals surface area contributed by atoms with E-state index in [1.54, 1.807) is 18.1 Å². The molecule has 0 spiro atoms. The summed E-state index contributed by atoms with van der Waals surface area (Å²) in [5.41, 5.74) is 4.62. The Kier molecular flexibility index (Phi) is 8.01. The minimum absolute atomic E-state index is 0.145. The number of aromatic nitrogens is 2. The zero-order chi connectivity index (χ0) is 24.7. The molecule has 186 valence electrons. The van der Waals surface area contributed by atoms with E-state index in [0.717, 1.165) is 74.9 Å². The molecule has 0 amide bonds. The number of hydrogen-bond donors (Lipinski definition) is 0. The number of nitrogens with zero attached hydrogens (tertiary/aromatic N) is 5. The molecule has 8 heteroatoms. The summed E-state index contributed by atoms with van der Waals surface area (Å²) in [6.45, 7) is 5.42. The van der Waals surface area contributed by atoms with Crippen molar-refractivity contribution in [3.63, 3.8) is 0 Å². The zero-order valence-electron chi connectivity index (χ0n) is 20.6. The van der Waals surface area contributed by atoms with Crippen molar-refractivity contribution in [2.45, 2.75) is 25.4 Å². The quantitative estimate of drug-likeness (QED) is 0.436. The first-order valence-electron chi connectivity index (χ1n) is 12.5. The molecule has 2 aliphatic heterocycles. The lowest BCUT2D eigenvalue weighted by atomic mass is 10.1. The number of nitriles is 1. The van der Waals surface area contributed by atoms with Crippen LogP contribution in [-0.2, 0) is 11.2 Å². The second-order valence-corrected chi connectivity index (χ2v) is 9.93. The normalized spacial score (nSPS) is 17.1. The number of benzene rings is 2. The van der Waals surface area contributed by atoms with Crippen molar-refractivity contribution in [2.24, 2.45) is 0 Å². The van der Waals surface area contributed by atoms with E-state index in [1.807, 2.05) is 24.3 Å². The third kappa shape index (κ3) is 5.98. The maximum atomic E-state index is 9.78. The first kappa shape index (κ1) is 24.6. The minimum atomic E-state index is 0.145. The predicted octanol–water partition coefficient (Wildman–Crippen LogP) is 4.56. The van der Waals surface area contributed by atoms with Crippen LogP contribution in [0, 0.1) is 11.3 Å². The average Bonchev–Trinajstić information content (AvgIpc) is 2.95. The highest BCUT2D eigenvalue weighted by molar-refractivity contribution is 7.96. The highest BCUT2D eigenvalue weighted by atomic mass is 32.2. The van der Waals surface area contributed by atoms with E-state index in [1.165, 1.54) is 5.69 Å². The van der Waals surface area contributed by atoms with E-state index in [4.69, 9.17) is 14.5 Å². The highest BCUT2D eigenvalue weighted by Gasteiger charge is 2.21. The molecule has 2 saturated heterocycles. The van der Waals surface area contributed by atoms with E-state index < -0.39 is 0 Å². The summed E-state index contributed by atoms with van der Waals surface area (Å²) in [5.74, 6) is 1.41. The number of rotatable bonds is 7. The van der Waals surface area contributed by atoms with Crippen LogP contribution >= 0.6 is 11.9 Å². The zero-order valence-corrected chi connectivity index (χ0v) is 21.4. The van der Waals surface area contributed by atoms with Gasteiger partial charge in [0.05, 0.1) is 24.5 Å². The molecule has 0 N–H and O–H groups in total. The van der Waals surface area contributed by atoms with E-state index in [2.05, 4.69) is 50.8 Å². The Morgan fingerprint density at radius 3 is 2.56 bits per heavy atom. The average molecular weight is 502 g/mol. The molecule has 0 unspecified atom stereocenters. The lowest BCUT2D eigenvalue weighted by Gasteiger charge is -2.30. The van der Waals surface area contributed by atoms with Crippen molar-refractivity contribution < 1.29 is 9.47 Å². The molecular formula is C28H31N5O2S. The monoisotopic (exact) mass is 501 g/mol. The first-order chi connectivity index (χ1) is 17.7. The molecule has 2 aliphatic rings. The Morgan fingerprint density at radius 2 is 1.83 bits per heavy atom. The Balaban J connectivity index is 1.26. The maximum absolute atomic E-state index is 9.78. The fraction of sp³-hybridized carbons (Fsp3) is 0.393. The van der Waals surface area contributed by atoms with Crippen LogP contribution in [0.5, 0.6) is 5.75 Å². The number of hydrogen-bond acceptors (Lipinski definition) is 8. The predicted molar refractivity (Wildman–Crippen MR) is 143 cm³/mol. The van der Waals surface area contributed by atoms with Crippen LogP contribution < -0.4 is 9.64 Å². The summed E-state index contributed by atoms with van der Waals surface area (Å²) in [6, 6.07) is 18.6. The fourth-order valence-electron chi connectivity index (χ4n) is 4.67. The van der Waals surface area contributed by atoms with Gasteiger partial charge in [-0.3, -0.25) is 4.31 Å². The van der Waals surface area contributed by atoms with E-state index >= 15 is 0 Å². The van der Waals surface area contributed by atoms with Crippen LogP contribution in [0.2, 0.25) is 0 Å². The molecule has 3 aromatic rings. The molecule has 0 atom stereocenters. The Bertz CT molecular complexity index is 1200. The van der Waals surface area contributed by atoms with Crippen LogP contribution in [0.15, 0.2) is 54.7 Å². The topological polar surface area (TPSA) is 74.5 Å². The van der Waals surface area contributed by atoms with Gasteiger partial charge in [0.25, 0.3) is 0 Å². The molecule has 7 nitrogen and oxygen atoms in total. The van der Waals surface area contributed by atoms with Gasteiger partial charge in [-0.1, -0.05) is 24.1 Å². The van der Waals surface area contributed by atoms with Gasteiger partial charge in [0.15, 0.2) is 0 Å². The van der Waals surface area contributed by atoms with E-state index in [-0.39, 0.29) is 6.10 Å². The minimum Gasteiger partial charge on any atom is -0.489 e.